The van der Waals surface area contributed by atoms with Crippen molar-refractivity contribution in [2.45, 2.75) is 280 Å². The fourth-order valence-corrected chi connectivity index (χ4v) is 29.4. The molecular formula is C86H126ClN11O40P4S4. The second-order valence-electron chi connectivity index (χ2n) is 35.3. The Hall–Kier alpha value is -7.65. The van der Waals surface area contributed by atoms with Crippen LogP contribution in [0.3, 0.4) is 0 Å². The van der Waals surface area contributed by atoms with E-state index in [0.717, 1.165) is 68.5 Å². The summed E-state index contributed by atoms with van der Waals surface area (Å²) < 4.78 is 141. The van der Waals surface area contributed by atoms with Gasteiger partial charge in [-0.2, -0.15) is 4.98 Å². The van der Waals surface area contributed by atoms with Gasteiger partial charge in [0.1, 0.15) is 118 Å². The number of imidazole rings is 1. The van der Waals surface area contributed by atoms with Crippen molar-refractivity contribution >= 4 is 172 Å². The normalized spacial score (nSPS) is 29.6. The standard InChI is InChI=1S/C24H30N5O8PS.C22H35N2O11PS.C20H30ClN2O10PS.C20H31N2O11PS/c1-13(15-8-6-5-7-9-15)36-22(31)16-11-39-38(33,28-16)35-10-17-19(30)24(3,32)23(37-17)29-12-25-18-20(29)26-14(2)27-21(18)34-4;1-6-32-18(27)8-10-37-36(31,23-14(4)20(29)34-13(2)3)33-12-16-19(28)22(5,30)21(35-16)24-9-7-15(25)11-17(24)26;1-11(2)32-18(28)12(3)22-34(29,35-10-16(26)30-5)31-9-14-17(27)20(4,21)19(33-14)23-7-6-13(24)8-15(23)25;1-11(2)32-18(27)12(3)21-34(29,35-10-16(25)30-5)31-9-14-17(26)20(4,28)19(33-14)22-7-6-13(23)8-15(22)24/h5-9,12-13,16-17,19,23,30,32H,10-11H2,1-4H3,(H,28,33);7,9,13-14,16,19,21,28,30H,6,8,10-12H2,1-5H3,(H,23,31);6-7,11-12,14,17,19,27H,8-10H2,1-5H3,(H,22,29);6-7,11-12,14,17,19,26,28H,8-10H2,1-5H3,(H,21,29)/t13?,16?,17-,19-,23?,24-,38?;14?,16-,19-,21-,22-,36?;2*12?,14-,17-,19-,20-,34?/m1111/s1. The number of benzene rings is 1. The Morgan fingerprint density at radius 3 is 1.36 bits per heavy atom. The Kier molecular flexibility index (Phi) is 45.3. The molecule has 1 aromatic carbocycles. The number of alkyl halides is 1. The third kappa shape index (κ3) is 33.2. The summed E-state index contributed by atoms with van der Waals surface area (Å²) in [4.78, 5) is 170. The van der Waals surface area contributed by atoms with E-state index in [9.17, 15) is 116 Å². The number of nitrogens with one attached hydrogen (secondary N) is 4. The minimum absolute atomic E-state index is 0.0323. The molecular weight excluding hydrogens is 2110 g/mol. The van der Waals surface area contributed by atoms with E-state index in [1.54, 1.807) is 62.3 Å². The van der Waals surface area contributed by atoms with Crippen LogP contribution in [-0.4, -0.2) is 356 Å². The van der Waals surface area contributed by atoms with Gasteiger partial charge in [0.2, 0.25) is 23.6 Å². The molecule has 0 spiro atoms. The number of carbonyl (C=O) groups excluding carboxylic acids is 13. The van der Waals surface area contributed by atoms with Crippen molar-refractivity contribution in [3.8, 4) is 5.88 Å². The first kappa shape index (κ1) is 124. The maximum absolute atomic E-state index is 13.6. The fourth-order valence-electron chi connectivity index (χ4n) is 14.5. The van der Waals surface area contributed by atoms with Crippen LogP contribution in [0.4, 0.5) is 0 Å². The van der Waals surface area contributed by atoms with E-state index >= 15 is 0 Å². The number of fused-ring (bicyclic) bond motifs is 1. The first-order valence-electron chi connectivity index (χ1n) is 45.5. The van der Waals surface area contributed by atoms with Crippen molar-refractivity contribution in [3.63, 3.8) is 0 Å². The summed E-state index contributed by atoms with van der Waals surface area (Å²) in [5.41, 5.74) is -4.11. The van der Waals surface area contributed by atoms with E-state index < -0.39 is 275 Å². The van der Waals surface area contributed by atoms with Gasteiger partial charge in [-0.15, -0.1) is 11.6 Å². The molecule has 0 bridgehead atoms. The van der Waals surface area contributed by atoms with Crippen LogP contribution in [0, 0.1) is 6.92 Å². The quantitative estimate of drug-likeness (QED) is 0.0121. The van der Waals surface area contributed by atoms with Gasteiger partial charge < -0.3 is 111 Å². The number of nitrogens with zero attached hydrogens (tertiary/aromatic N) is 7. The molecule has 146 heavy (non-hydrogen) atoms. The molecule has 8 aliphatic heterocycles. The maximum Gasteiger partial charge on any atom is 0.327 e. The zero-order valence-electron chi connectivity index (χ0n) is 83.2. The Balaban J connectivity index is 0.000000238. The van der Waals surface area contributed by atoms with Gasteiger partial charge in [-0.25, -0.2) is 30.3 Å². The van der Waals surface area contributed by atoms with Gasteiger partial charge in [0.05, 0.1) is 105 Å². The second kappa shape index (κ2) is 53.6. The van der Waals surface area contributed by atoms with Crippen LogP contribution in [0.15, 0.2) is 73.5 Å². The number of ether oxygens (including phenoxy) is 12. The van der Waals surface area contributed by atoms with E-state index in [-0.39, 0.29) is 60.7 Å². The lowest BCUT2D eigenvalue weighted by Crippen LogP contribution is -2.54. The molecule has 5 saturated heterocycles. The van der Waals surface area contributed by atoms with Gasteiger partial charge in [-0.1, -0.05) is 53.1 Å². The molecule has 11 N–H and O–H groups in total. The Bertz CT molecular complexity index is 5310. The van der Waals surface area contributed by atoms with Crippen LogP contribution in [0.5, 0.6) is 5.88 Å². The van der Waals surface area contributed by atoms with Gasteiger partial charge in [-0.3, -0.25) is 99.9 Å². The topological polar surface area (TPSA) is 681 Å². The van der Waals surface area contributed by atoms with Crippen LogP contribution >= 0.6 is 84.0 Å². The van der Waals surface area contributed by atoms with Crippen LogP contribution < -0.4 is 25.1 Å². The monoisotopic (exact) mass is 2240 g/mol. The summed E-state index contributed by atoms with van der Waals surface area (Å²) in [6.07, 6.45) is -9.93. The number of carbonyl (C=O) groups is 13. The Labute approximate surface area is 861 Å². The number of aliphatic hydroxyl groups is 7. The number of ketones is 3. The van der Waals surface area contributed by atoms with E-state index in [1.807, 2.05) is 30.3 Å². The molecule has 0 radical (unpaired) electrons. The lowest BCUT2D eigenvalue weighted by atomic mass is 9.95. The summed E-state index contributed by atoms with van der Waals surface area (Å²) in [7, 11) is 3.78. The highest BCUT2D eigenvalue weighted by molar-refractivity contribution is 8.57. The van der Waals surface area contributed by atoms with Crippen molar-refractivity contribution in [1.29, 1.82) is 0 Å². The SMILES string of the molecule is CCOC(=O)CCSP(=O)(NC(C)C(=O)OC(C)C)OC[C@H]1O[C@@H](N2C=CC(=O)CC2=O)[C@](C)(O)[C@@H]1O.COC(=O)CSP(=O)(NC(C)C(=O)OC(C)C)OC[C@H]1O[C@@H](N2C=CC(=O)CC2=O)[C@](C)(Cl)[C@@H]1O.COC(=O)CSP(=O)(NC(C)C(=O)OC(C)C)OC[C@H]1O[C@@H](N2C=CC(=O)CC2=O)[C@](C)(O)[C@@H]1O.COc1nc(C)nc2c1ncn2C1O[C@H](COP2(=O)NC(C(=O)OC(C)c3ccccc3)CS2)[C@@H](O)[C@@]1(C)O. The van der Waals surface area contributed by atoms with Gasteiger partial charge in [0, 0.05) is 30.1 Å². The van der Waals surface area contributed by atoms with Crippen LogP contribution in [0.25, 0.3) is 11.2 Å². The number of hydrogen-bond acceptors (Lipinski definition) is 47. The minimum atomic E-state index is -3.98. The smallest absolute Gasteiger partial charge is 0.327 e. The molecule has 60 heteroatoms. The predicted molar refractivity (Wildman–Crippen MR) is 522 cm³/mol. The molecule has 11 rings (SSSR count). The molecule has 25 atom stereocenters. The molecule has 5 fully saturated rings. The third-order valence-corrected chi connectivity index (χ3v) is 38.6. The Morgan fingerprint density at radius 2 is 0.952 bits per heavy atom. The molecule has 10 heterocycles. The number of amides is 3. The van der Waals surface area contributed by atoms with E-state index in [2.05, 4.69) is 44.8 Å². The zero-order chi connectivity index (χ0) is 109. The summed E-state index contributed by atoms with van der Waals surface area (Å²) in [6.45, 7) is 7.71. The van der Waals surface area contributed by atoms with E-state index in [4.69, 9.17) is 77.1 Å². The maximum atomic E-state index is 13.6. The third-order valence-electron chi connectivity index (χ3n) is 22.2. The molecule has 3 aromatic rings. The highest BCUT2D eigenvalue weighted by Crippen LogP contribution is 2.63. The lowest BCUT2D eigenvalue weighted by Gasteiger charge is -2.34. The van der Waals surface area contributed by atoms with Crippen molar-refractivity contribution in [2.24, 2.45) is 0 Å². The van der Waals surface area contributed by atoms with Crippen molar-refractivity contribution in [2.75, 3.05) is 77.4 Å². The predicted octanol–water partition coefficient (Wildman–Crippen LogP) is 4.61. The second-order valence-corrected chi connectivity index (χ2v) is 53.4. The first-order chi connectivity index (χ1) is 68.1. The van der Waals surface area contributed by atoms with Gasteiger partial charge in [-0.05, 0) is 157 Å². The molecule has 0 aliphatic carbocycles. The number of rotatable bonds is 43. The van der Waals surface area contributed by atoms with Crippen molar-refractivity contribution < 1.29 is 191 Å². The number of methoxy groups -OCH3 is 3. The summed E-state index contributed by atoms with van der Waals surface area (Å²) in [5.74, 6) is -7.27. The van der Waals surface area contributed by atoms with Gasteiger partial charge >= 0.3 is 68.7 Å². The van der Waals surface area contributed by atoms with Crippen LogP contribution in [0.2, 0.25) is 0 Å². The van der Waals surface area contributed by atoms with Gasteiger partial charge in [0.25, 0.3) is 0 Å². The fraction of sp³-hybridized carbons (Fsp3) is 0.651. The molecule has 10 unspecified atom stereocenters. The summed E-state index contributed by atoms with van der Waals surface area (Å²) >= 11 is 9.39. The number of hydrogen-bond donors (Lipinski definition) is 11. The number of esters is 7. The number of aromatic nitrogens is 4. The molecule has 3 amide bonds. The average molecular weight is 2240 g/mol. The molecule has 8 aliphatic rings. The van der Waals surface area contributed by atoms with E-state index in [0.29, 0.717) is 39.8 Å². The zero-order valence-corrected chi connectivity index (χ0v) is 90.8. The van der Waals surface area contributed by atoms with Gasteiger partial charge in [0.15, 0.2) is 53.4 Å². The Morgan fingerprint density at radius 1 is 0.562 bits per heavy atom. The molecule has 2 aromatic heterocycles. The van der Waals surface area contributed by atoms with Crippen molar-refractivity contribution in [1.82, 2.24) is 54.6 Å². The van der Waals surface area contributed by atoms with Crippen molar-refractivity contribution in [3.05, 3.63) is 84.9 Å². The van der Waals surface area contributed by atoms with Crippen LogP contribution in [-0.2, 0) is 151 Å². The molecule has 816 valence electrons. The number of halogens is 1. The highest BCUT2D eigenvalue weighted by atomic mass is 35.5. The number of aryl methyl sites for hydroxylation is 1. The summed E-state index contributed by atoms with van der Waals surface area (Å²) in [6, 6.07) is 5.30. The molecule has 51 nitrogen and oxygen atoms in total. The number of aliphatic hydroxyl groups excluding tert-OH is 4. The van der Waals surface area contributed by atoms with E-state index in [1.165, 1.54) is 92.1 Å². The average Bonchev–Trinajstić information content (AvgIpc) is 1.60. The largest absolute Gasteiger partial charge is 0.479 e. The molecule has 0 saturated carbocycles. The lowest BCUT2D eigenvalue weighted by molar-refractivity contribution is -0.158. The first-order valence-corrected chi connectivity index (χ1v) is 58.7. The minimum Gasteiger partial charge on any atom is -0.479 e. The number of allylic oxidation sites excluding steroid dienone is 3. The highest BCUT2D eigenvalue weighted by Gasteiger charge is 2.61. The van der Waals surface area contributed by atoms with Crippen LogP contribution in [0.1, 0.15) is 153 Å². The summed E-state index contributed by atoms with van der Waals surface area (Å²) in [5, 5.41) is 86.2.